The predicted octanol–water partition coefficient (Wildman–Crippen LogP) is 2.96. The minimum Gasteiger partial charge on any atom is -0.356 e. The van der Waals surface area contributed by atoms with Gasteiger partial charge >= 0.3 is 0 Å². The molecule has 0 saturated carbocycles. The van der Waals surface area contributed by atoms with Crippen molar-refractivity contribution in [3.8, 4) is 22.4 Å². The van der Waals surface area contributed by atoms with Crippen molar-refractivity contribution < 1.29 is 9.59 Å². The quantitative estimate of drug-likeness (QED) is 0.403. The van der Waals surface area contributed by atoms with Crippen LogP contribution in [0.2, 0.25) is 0 Å². The van der Waals surface area contributed by atoms with Crippen LogP contribution in [0.25, 0.3) is 28.0 Å². The molecule has 2 amide bonds. The maximum absolute atomic E-state index is 12.3. The van der Waals surface area contributed by atoms with Gasteiger partial charge in [0, 0.05) is 54.7 Å². The van der Waals surface area contributed by atoms with Crippen molar-refractivity contribution in [3.05, 3.63) is 66.2 Å². The number of amides is 2. The third-order valence-corrected chi connectivity index (χ3v) is 5.10. The van der Waals surface area contributed by atoms with E-state index < -0.39 is 0 Å². The van der Waals surface area contributed by atoms with Crippen LogP contribution in [0.4, 0.5) is 0 Å². The van der Waals surface area contributed by atoms with Gasteiger partial charge in [0.2, 0.25) is 5.91 Å². The molecule has 0 atom stereocenters. The summed E-state index contributed by atoms with van der Waals surface area (Å²) in [5.74, 6) is -0.202. The SMILES string of the molecule is CC(=O)NCCCNC(=O)c1ccc(-c2cnc3ccc(-c4c[nH]nc4C)cn23)cc1. The highest BCUT2D eigenvalue weighted by molar-refractivity contribution is 5.94. The Bertz CT molecular complexity index is 1220. The molecule has 3 N–H and O–H groups in total. The number of hydrogen-bond donors (Lipinski definition) is 3. The van der Waals surface area contributed by atoms with Crippen LogP contribution in [0.1, 0.15) is 29.4 Å². The van der Waals surface area contributed by atoms with Gasteiger partial charge in [-0.05, 0) is 37.6 Å². The molecule has 8 nitrogen and oxygen atoms in total. The molecule has 3 heterocycles. The normalized spacial score (nSPS) is 10.9. The highest BCUT2D eigenvalue weighted by Gasteiger charge is 2.11. The number of carbonyl (C=O) groups excluding carboxylic acids is 2. The van der Waals surface area contributed by atoms with Gasteiger partial charge in [-0.15, -0.1) is 0 Å². The molecule has 8 heteroatoms. The van der Waals surface area contributed by atoms with Crippen LogP contribution in [0.5, 0.6) is 0 Å². The van der Waals surface area contributed by atoms with Crippen LogP contribution < -0.4 is 10.6 Å². The zero-order valence-electron chi connectivity index (χ0n) is 17.5. The van der Waals surface area contributed by atoms with E-state index in [1.807, 2.05) is 66.3 Å². The van der Waals surface area contributed by atoms with Crippen molar-refractivity contribution in [2.75, 3.05) is 13.1 Å². The zero-order valence-corrected chi connectivity index (χ0v) is 17.5. The molecule has 0 radical (unpaired) electrons. The summed E-state index contributed by atoms with van der Waals surface area (Å²) in [4.78, 5) is 27.7. The van der Waals surface area contributed by atoms with Crippen molar-refractivity contribution in [1.82, 2.24) is 30.2 Å². The van der Waals surface area contributed by atoms with Crippen LogP contribution in [0.15, 0.2) is 55.0 Å². The summed E-state index contributed by atoms with van der Waals surface area (Å²) in [6, 6.07) is 11.5. The lowest BCUT2D eigenvalue weighted by Crippen LogP contribution is -2.28. The first-order chi connectivity index (χ1) is 15.0. The number of pyridine rings is 1. The number of aromatic nitrogens is 4. The average Bonchev–Trinajstić information content (AvgIpc) is 3.38. The number of carbonyl (C=O) groups is 2. The molecule has 158 valence electrons. The lowest BCUT2D eigenvalue weighted by Gasteiger charge is -2.08. The fourth-order valence-electron chi connectivity index (χ4n) is 3.45. The molecule has 4 rings (SSSR count). The van der Waals surface area contributed by atoms with Crippen LogP contribution in [-0.2, 0) is 4.79 Å². The Hall–Kier alpha value is -3.94. The number of H-pyrrole nitrogens is 1. The number of nitrogens with zero attached hydrogens (tertiary/aromatic N) is 3. The van der Waals surface area contributed by atoms with Gasteiger partial charge in [0.05, 0.1) is 17.6 Å². The van der Waals surface area contributed by atoms with Crippen LogP contribution in [-0.4, -0.2) is 44.5 Å². The average molecular weight is 416 g/mol. The molecule has 0 spiro atoms. The molecule has 0 bridgehead atoms. The van der Waals surface area contributed by atoms with E-state index in [0.717, 1.165) is 33.7 Å². The number of aromatic amines is 1. The van der Waals surface area contributed by atoms with Gasteiger partial charge in [-0.25, -0.2) is 4.98 Å². The van der Waals surface area contributed by atoms with Crippen LogP contribution >= 0.6 is 0 Å². The Balaban J connectivity index is 1.49. The molecule has 0 unspecified atom stereocenters. The number of nitrogens with one attached hydrogen (secondary N) is 3. The molecule has 0 aliphatic rings. The van der Waals surface area contributed by atoms with E-state index in [9.17, 15) is 9.59 Å². The molecule has 0 fully saturated rings. The molecule has 0 aliphatic carbocycles. The zero-order chi connectivity index (χ0) is 21.8. The van der Waals surface area contributed by atoms with Gasteiger partial charge in [-0.3, -0.25) is 19.1 Å². The van der Waals surface area contributed by atoms with Gasteiger partial charge < -0.3 is 10.6 Å². The highest BCUT2D eigenvalue weighted by atomic mass is 16.2. The molecular formula is C23H24N6O2. The first-order valence-electron chi connectivity index (χ1n) is 10.1. The Labute approximate surface area is 179 Å². The second kappa shape index (κ2) is 8.83. The first kappa shape index (κ1) is 20.3. The van der Waals surface area contributed by atoms with Crippen LogP contribution in [0, 0.1) is 6.92 Å². The minimum absolute atomic E-state index is 0.0682. The lowest BCUT2D eigenvalue weighted by molar-refractivity contribution is -0.118. The van der Waals surface area contributed by atoms with E-state index in [1.165, 1.54) is 6.92 Å². The van der Waals surface area contributed by atoms with E-state index in [-0.39, 0.29) is 11.8 Å². The molecular weight excluding hydrogens is 392 g/mol. The van der Waals surface area contributed by atoms with Crippen molar-refractivity contribution in [2.24, 2.45) is 0 Å². The van der Waals surface area contributed by atoms with E-state index in [1.54, 1.807) is 0 Å². The third-order valence-electron chi connectivity index (χ3n) is 5.10. The van der Waals surface area contributed by atoms with Crippen molar-refractivity contribution in [3.63, 3.8) is 0 Å². The minimum atomic E-state index is -0.134. The first-order valence-corrected chi connectivity index (χ1v) is 10.1. The summed E-state index contributed by atoms with van der Waals surface area (Å²) in [5.41, 5.74) is 6.39. The van der Waals surface area contributed by atoms with Gasteiger partial charge in [0.15, 0.2) is 0 Å². The van der Waals surface area contributed by atoms with Crippen molar-refractivity contribution >= 4 is 17.5 Å². The summed E-state index contributed by atoms with van der Waals surface area (Å²) in [6.45, 7) is 4.49. The second-order valence-electron chi connectivity index (χ2n) is 7.34. The maximum Gasteiger partial charge on any atom is 0.251 e. The van der Waals surface area contributed by atoms with Gasteiger partial charge in [0.25, 0.3) is 5.91 Å². The van der Waals surface area contributed by atoms with Crippen LogP contribution in [0.3, 0.4) is 0 Å². The molecule has 3 aromatic heterocycles. The monoisotopic (exact) mass is 416 g/mol. The standard InChI is InChI=1S/C23H24N6O2/c1-15-20(12-27-28-15)19-8-9-22-26-13-21(29(22)14-19)17-4-6-18(7-5-17)23(31)25-11-3-10-24-16(2)30/h4-9,12-14H,3,10-11H2,1-2H3,(H,24,30)(H,25,31)(H,27,28). The Morgan fingerprint density at radius 2 is 1.77 bits per heavy atom. The smallest absolute Gasteiger partial charge is 0.251 e. The van der Waals surface area contributed by atoms with Gasteiger partial charge in [0.1, 0.15) is 5.65 Å². The van der Waals surface area contributed by atoms with E-state index in [4.69, 9.17) is 0 Å². The van der Waals surface area contributed by atoms with E-state index in [0.29, 0.717) is 25.1 Å². The van der Waals surface area contributed by atoms with E-state index >= 15 is 0 Å². The van der Waals surface area contributed by atoms with Crippen molar-refractivity contribution in [2.45, 2.75) is 20.3 Å². The third kappa shape index (κ3) is 4.48. The number of rotatable bonds is 7. The largest absolute Gasteiger partial charge is 0.356 e. The Morgan fingerprint density at radius 3 is 2.48 bits per heavy atom. The fraction of sp³-hybridized carbons (Fsp3) is 0.217. The van der Waals surface area contributed by atoms with Gasteiger partial charge in [-0.2, -0.15) is 5.10 Å². The Morgan fingerprint density at radius 1 is 1.03 bits per heavy atom. The number of imidazole rings is 1. The fourth-order valence-corrected chi connectivity index (χ4v) is 3.45. The number of aryl methyl sites for hydroxylation is 1. The second-order valence-corrected chi connectivity index (χ2v) is 7.34. The maximum atomic E-state index is 12.3. The van der Waals surface area contributed by atoms with Crippen molar-refractivity contribution in [1.29, 1.82) is 0 Å². The molecule has 4 aromatic rings. The summed E-state index contributed by atoms with van der Waals surface area (Å²) in [6.07, 6.45) is 6.45. The molecule has 0 aliphatic heterocycles. The highest BCUT2D eigenvalue weighted by Crippen LogP contribution is 2.26. The molecule has 0 saturated heterocycles. The predicted molar refractivity (Wildman–Crippen MR) is 119 cm³/mol. The topological polar surface area (TPSA) is 104 Å². The summed E-state index contributed by atoms with van der Waals surface area (Å²) in [5, 5.41) is 12.7. The lowest BCUT2D eigenvalue weighted by atomic mass is 10.1. The summed E-state index contributed by atoms with van der Waals surface area (Å²) >= 11 is 0. The molecule has 31 heavy (non-hydrogen) atoms. The van der Waals surface area contributed by atoms with E-state index in [2.05, 4.69) is 25.8 Å². The Kier molecular flexibility index (Phi) is 5.79. The van der Waals surface area contributed by atoms with Gasteiger partial charge in [-0.1, -0.05) is 12.1 Å². The number of hydrogen-bond acceptors (Lipinski definition) is 4. The number of fused-ring (bicyclic) bond motifs is 1. The number of benzene rings is 1. The summed E-state index contributed by atoms with van der Waals surface area (Å²) < 4.78 is 2.04. The summed E-state index contributed by atoms with van der Waals surface area (Å²) in [7, 11) is 0. The molecule has 1 aromatic carbocycles.